The molecule has 1 rings (SSSR count). The Morgan fingerprint density at radius 2 is 1.94 bits per heavy atom. The lowest BCUT2D eigenvalue weighted by molar-refractivity contribution is -0.149. The zero-order valence-corrected chi connectivity index (χ0v) is 9.42. The first-order chi connectivity index (χ1) is 7.28. The van der Waals surface area contributed by atoms with Crippen LogP contribution < -0.4 is 10.5 Å². The zero-order valence-electron chi connectivity index (χ0n) is 8.60. The number of primary sulfonamides is 1. The van der Waals surface area contributed by atoms with E-state index < -0.39 is 27.3 Å². The smallest absolute Gasteiger partial charge is 0.319 e. The zero-order chi connectivity index (χ0) is 12.4. The predicted molar refractivity (Wildman–Crippen MR) is 54.9 cm³/mol. The molecule has 1 aliphatic carbocycles. The first-order valence-electron chi connectivity index (χ1n) is 4.80. The fraction of sp³-hybridized carbons (Fsp3) is 0.750. The Morgan fingerprint density at radius 3 is 2.31 bits per heavy atom. The minimum atomic E-state index is -3.53. The van der Waals surface area contributed by atoms with Gasteiger partial charge in [-0.1, -0.05) is 0 Å². The van der Waals surface area contributed by atoms with E-state index in [-0.39, 0.29) is 18.7 Å². The van der Waals surface area contributed by atoms with Crippen LogP contribution in [-0.2, 0) is 19.6 Å². The number of amides is 1. The van der Waals surface area contributed by atoms with E-state index in [0.29, 0.717) is 12.8 Å². The van der Waals surface area contributed by atoms with E-state index in [1.165, 1.54) is 0 Å². The summed E-state index contributed by atoms with van der Waals surface area (Å²) in [5, 5.41) is 15.9. The highest BCUT2D eigenvalue weighted by Gasteiger charge is 2.56. The molecule has 8 heteroatoms. The molecule has 0 aliphatic heterocycles. The van der Waals surface area contributed by atoms with Crippen molar-refractivity contribution in [3.8, 4) is 0 Å². The van der Waals surface area contributed by atoms with E-state index in [2.05, 4.69) is 5.32 Å². The van der Waals surface area contributed by atoms with Gasteiger partial charge in [0.15, 0.2) is 0 Å². The lowest BCUT2D eigenvalue weighted by Gasteiger charge is -2.10. The number of hydrogen-bond acceptors (Lipinski definition) is 4. The largest absolute Gasteiger partial charge is 0.480 e. The molecule has 0 saturated heterocycles. The van der Waals surface area contributed by atoms with Crippen molar-refractivity contribution in [2.45, 2.75) is 19.3 Å². The maximum absolute atomic E-state index is 11.4. The lowest BCUT2D eigenvalue weighted by atomic mass is 10.1. The van der Waals surface area contributed by atoms with Crippen molar-refractivity contribution in [2.75, 3.05) is 12.3 Å². The Balaban J connectivity index is 2.29. The molecule has 0 aromatic carbocycles. The van der Waals surface area contributed by atoms with Crippen LogP contribution >= 0.6 is 0 Å². The number of hydrogen-bond donors (Lipinski definition) is 3. The average molecular weight is 250 g/mol. The molecular weight excluding hydrogens is 236 g/mol. The van der Waals surface area contributed by atoms with Gasteiger partial charge in [0.05, 0.1) is 5.75 Å². The van der Waals surface area contributed by atoms with E-state index >= 15 is 0 Å². The second-order valence-corrected chi connectivity index (χ2v) is 5.60. The normalized spacial score (nSPS) is 17.8. The number of nitrogens with one attached hydrogen (secondary N) is 1. The number of carbonyl (C=O) groups is 2. The summed E-state index contributed by atoms with van der Waals surface area (Å²) < 4.78 is 21.1. The number of rotatable bonds is 6. The van der Waals surface area contributed by atoms with Crippen molar-refractivity contribution < 1.29 is 23.1 Å². The molecule has 0 atom stereocenters. The third-order valence-electron chi connectivity index (χ3n) is 2.49. The summed E-state index contributed by atoms with van der Waals surface area (Å²) in [7, 11) is -3.53. The first kappa shape index (κ1) is 12.9. The van der Waals surface area contributed by atoms with Gasteiger partial charge in [-0.3, -0.25) is 9.59 Å². The maximum atomic E-state index is 11.4. The van der Waals surface area contributed by atoms with E-state index in [4.69, 9.17) is 10.2 Å². The van der Waals surface area contributed by atoms with Crippen LogP contribution in [0.2, 0.25) is 0 Å². The van der Waals surface area contributed by atoms with Crippen LogP contribution in [0.25, 0.3) is 0 Å². The fourth-order valence-corrected chi connectivity index (χ4v) is 1.85. The molecule has 0 heterocycles. The summed E-state index contributed by atoms with van der Waals surface area (Å²) in [5.74, 6) is -1.90. The highest BCUT2D eigenvalue weighted by molar-refractivity contribution is 7.89. The summed E-state index contributed by atoms with van der Waals surface area (Å²) in [5.41, 5.74) is -1.28. The van der Waals surface area contributed by atoms with Crippen molar-refractivity contribution >= 4 is 21.9 Å². The van der Waals surface area contributed by atoms with Gasteiger partial charge in [-0.15, -0.1) is 0 Å². The minimum absolute atomic E-state index is 0.115. The molecule has 1 amide bonds. The van der Waals surface area contributed by atoms with Crippen molar-refractivity contribution in [3.63, 3.8) is 0 Å². The third kappa shape index (κ3) is 3.17. The van der Waals surface area contributed by atoms with Crippen molar-refractivity contribution in [3.05, 3.63) is 0 Å². The second-order valence-electron chi connectivity index (χ2n) is 3.86. The Bertz CT molecular complexity index is 399. The van der Waals surface area contributed by atoms with Gasteiger partial charge in [-0.25, -0.2) is 13.6 Å². The first-order valence-corrected chi connectivity index (χ1v) is 6.52. The summed E-state index contributed by atoms with van der Waals surface area (Å²) in [6, 6.07) is 0. The molecule has 92 valence electrons. The highest BCUT2D eigenvalue weighted by atomic mass is 32.2. The van der Waals surface area contributed by atoms with E-state index in [1.54, 1.807) is 0 Å². The molecule has 16 heavy (non-hydrogen) atoms. The molecule has 1 fully saturated rings. The van der Waals surface area contributed by atoms with Gasteiger partial charge in [-0.2, -0.15) is 0 Å². The molecular formula is C8H14N2O5S. The molecule has 7 nitrogen and oxygen atoms in total. The van der Waals surface area contributed by atoms with Gasteiger partial charge >= 0.3 is 5.97 Å². The molecule has 0 bridgehead atoms. The molecule has 0 unspecified atom stereocenters. The fourth-order valence-electron chi connectivity index (χ4n) is 1.31. The van der Waals surface area contributed by atoms with Gasteiger partial charge in [0.1, 0.15) is 5.41 Å². The number of carboxylic acids is 1. The molecule has 0 aromatic heterocycles. The van der Waals surface area contributed by atoms with Crippen LogP contribution in [0, 0.1) is 5.41 Å². The molecule has 0 aromatic rings. The molecule has 0 spiro atoms. The SMILES string of the molecule is NS(=O)(=O)CCCNC(=O)C1(C(=O)O)CC1. The summed E-state index contributed by atoms with van der Waals surface area (Å²) in [6.45, 7) is 0.115. The molecule has 1 aliphatic rings. The van der Waals surface area contributed by atoms with Crippen LogP contribution in [-0.4, -0.2) is 37.7 Å². The summed E-state index contributed by atoms with van der Waals surface area (Å²) in [6.07, 6.45) is 0.854. The maximum Gasteiger partial charge on any atom is 0.319 e. The topological polar surface area (TPSA) is 127 Å². The Labute approximate surface area is 93.1 Å². The summed E-state index contributed by atoms with van der Waals surface area (Å²) in [4.78, 5) is 22.2. The monoisotopic (exact) mass is 250 g/mol. The van der Waals surface area contributed by atoms with Crippen LogP contribution in [0.4, 0.5) is 0 Å². The third-order valence-corrected chi connectivity index (χ3v) is 3.34. The highest BCUT2D eigenvalue weighted by Crippen LogP contribution is 2.45. The lowest BCUT2D eigenvalue weighted by Crippen LogP contribution is -2.38. The van der Waals surface area contributed by atoms with Gasteiger partial charge in [-0.05, 0) is 19.3 Å². The minimum Gasteiger partial charge on any atom is -0.480 e. The number of carboxylic acid groups (broad SMARTS) is 1. The van der Waals surface area contributed by atoms with Gasteiger partial charge in [0.2, 0.25) is 15.9 Å². The van der Waals surface area contributed by atoms with Crippen LogP contribution in [0.5, 0.6) is 0 Å². The number of nitrogens with two attached hydrogens (primary N) is 1. The van der Waals surface area contributed by atoms with E-state index in [0.717, 1.165) is 0 Å². The standard InChI is InChI=1S/C8H14N2O5S/c9-16(14,15)5-1-4-10-6(11)8(2-3-8)7(12)13/h1-5H2,(H,10,11)(H,12,13)(H2,9,14,15). The van der Waals surface area contributed by atoms with Gasteiger partial charge in [0.25, 0.3) is 0 Å². The van der Waals surface area contributed by atoms with Crippen LogP contribution in [0.3, 0.4) is 0 Å². The van der Waals surface area contributed by atoms with Gasteiger partial charge < -0.3 is 10.4 Å². The molecule has 4 N–H and O–H groups in total. The molecule has 0 radical (unpaired) electrons. The van der Waals surface area contributed by atoms with Crippen LogP contribution in [0.15, 0.2) is 0 Å². The predicted octanol–water partition coefficient (Wildman–Crippen LogP) is -1.35. The summed E-state index contributed by atoms with van der Waals surface area (Å²) >= 11 is 0. The Hall–Kier alpha value is -1.15. The van der Waals surface area contributed by atoms with Crippen LogP contribution in [0.1, 0.15) is 19.3 Å². The second kappa shape index (κ2) is 4.38. The van der Waals surface area contributed by atoms with Crippen molar-refractivity contribution in [2.24, 2.45) is 10.6 Å². The van der Waals surface area contributed by atoms with Gasteiger partial charge in [0, 0.05) is 6.54 Å². The van der Waals surface area contributed by atoms with E-state index in [9.17, 15) is 18.0 Å². The molecule has 1 saturated carbocycles. The Kier molecular flexibility index (Phi) is 3.54. The number of carbonyl (C=O) groups excluding carboxylic acids is 1. The van der Waals surface area contributed by atoms with Crippen molar-refractivity contribution in [1.29, 1.82) is 0 Å². The average Bonchev–Trinajstić information content (AvgIpc) is 2.90. The number of aliphatic carboxylic acids is 1. The Morgan fingerprint density at radius 1 is 1.38 bits per heavy atom. The van der Waals surface area contributed by atoms with E-state index in [1.807, 2.05) is 0 Å². The quantitative estimate of drug-likeness (QED) is 0.396. The number of sulfonamides is 1. The van der Waals surface area contributed by atoms with Crippen molar-refractivity contribution in [1.82, 2.24) is 5.32 Å².